The Labute approximate surface area is 138 Å². The standard InChI is InChI=1S/C16H16ClN3O3/c1-10-3-4-12(17)8-14(10)20-15(21)11-5-6-18-13(7-11)9-19-16(22)23-2/h3-8H,9H2,1-2H3,(H,19,22)(H,20,21). The molecular weight excluding hydrogens is 318 g/mol. The molecule has 2 N–H and O–H groups in total. The van der Waals surface area contributed by atoms with Crippen molar-refractivity contribution in [3.63, 3.8) is 0 Å². The summed E-state index contributed by atoms with van der Waals surface area (Å²) in [6, 6.07) is 8.48. The zero-order valence-electron chi connectivity index (χ0n) is 12.7. The monoisotopic (exact) mass is 333 g/mol. The summed E-state index contributed by atoms with van der Waals surface area (Å²) in [5, 5.41) is 5.86. The number of rotatable bonds is 4. The van der Waals surface area contributed by atoms with Crippen molar-refractivity contribution < 1.29 is 14.3 Å². The molecule has 0 saturated heterocycles. The molecule has 1 aromatic heterocycles. The second kappa shape index (κ2) is 7.60. The van der Waals surface area contributed by atoms with Gasteiger partial charge in [-0.15, -0.1) is 0 Å². The second-order valence-corrected chi connectivity index (χ2v) is 5.23. The number of nitrogens with one attached hydrogen (secondary N) is 2. The summed E-state index contributed by atoms with van der Waals surface area (Å²) in [5.41, 5.74) is 2.53. The molecule has 0 fully saturated rings. The molecule has 2 rings (SSSR count). The third-order valence-electron chi connectivity index (χ3n) is 3.13. The van der Waals surface area contributed by atoms with E-state index in [0.717, 1.165) is 5.56 Å². The lowest BCUT2D eigenvalue weighted by Crippen LogP contribution is -2.23. The highest BCUT2D eigenvalue weighted by atomic mass is 35.5. The van der Waals surface area contributed by atoms with Crippen molar-refractivity contribution in [2.75, 3.05) is 12.4 Å². The highest BCUT2D eigenvalue weighted by Gasteiger charge is 2.10. The van der Waals surface area contributed by atoms with E-state index in [2.05, 4.69) is 20.4 Å². The Bertz CT molecular complexity index is 734. The fraction of sp³-hybridized carbons (Fsp3) is 0.188. The van der Waals surface area contributed by atoms with Crippen molar-refractivity contribution in [3.8, 4) is 0 Å². The first kappa shape index (κ1) is 16.8. The number of alkyl carbamates (subject to hydrolysis) is 1. The number of anilines is 1. The normalized spacial score (nSPS) is 10.0. The van der Waals surface area contributed by atoms with Crippen LogP contribution in [0.15, 0.2) is 36.5 Å². The molecule has 7 heteroatoms. The summed E-state index contributed by atoms with van der Waals surface area (Å²) < 4.78 is 4.48. The van der Waals surface area contributed by atoms with E-state index < -0.39 is 6.09 Å². The SMILES string of the molecule is COC(=O)NCc1cc(C(=O)Nc2cc(Cl)ccc2C)ccn1. The molecule has 2 aromatic rings. The Kier molecular flexibility index (Phi) is 5.54. The summed E-state index contributed by atoms with van der Waals surface area (Å²) in [4.78, 5) is 27.5. The van der Waals surface area contributed by atoms with Gasteiger partial charge in [0.15, 0.2) is 0 Å². The van der Waals surface area contributed by atoms with E-state index in [-0.39, 0.29) is 12.5 Å². The van der Waals surface area contributed by atoms with Crippen molar-refractivity contribution >= 4 is 29.3 Å². The smallest absolute Gasteiger partial charge is 0.407 e. The van der Waals surface area contributed by atoms with Gasteiger partial charge in [0.25, 0.3) is 5.91 Å². The van der Waals surface area contributed by atoms with E-state index >= 15 is 0 Å². The predicted octanol–water partition coefficient (Wildman–Crippen LogP) is 3.15. The zero-order valence-corrected chi connectivity index (χ0v) is 13.5. The van der Waals surface area contributed by atoms with Crippen LogP contribution in [0.2, 0.25) is 5.02 Å². The van der Waals surface area contributed by atoms with Gasteiger partial charge >= 0.3 is 6.09 Å². The van der Waals surface area contributed by atoms with Gasteiger partial charge in [0, 0.05) is 22.5 Å². The van der Waals surface area contributed by atoms with Gasteiger partial charge in [-0.2, -0.15) is 0 Å². The van der Waals surface area contributed by atoms with Gasteiger partial charge in [-0.1, -0.05) is 17.7 Å². The Morgan fingerprint density at radius 3 is 2.78 bits per heavy atom. The van der Waals surface area contributed by atoms with E-state index in [0.29, 0.717) is 22.0 Å². The quantitative estimate of drug-likeness (QED) is 0.900. The predicted molar refractivity (Wildman–Crippen MR) is 87.6 cm³/mol. The number of benzene rings is 1. The van der Waals surface area contributed by atoms with Crippen LogP contribution in [-0.2, 0) is 11.3 Å². The lowest BCUT2D eigenvalue weighted by Gasteiger charge is -2.10. The minimum Gasteiger partial charge on any atom is -0.453 e. The Hall–Kier alpha value is -2.60. The van der Waals surface area contributed by atoms with Crippen LogP contribution < -0.4 is 10.6 Å². The number of amides is 2. The fourth-order valence-electron chi connectivity index (χ4n) is 1.87. The van der Waals surface area contributed by atoms with Crippen LogP contribution >= 0.6 is 11.6 Å². The summed E-state index contributed by atoms with van der Waals surface area (Å²) in [7, 11) is 1.28. The van der Waals surface area contributed by atoms with Crippen LogP contribution in [0.1, 0.15) is 21.6 Å². The number of methoxy groups -OCH3 is 1. The van der Waals surface area contributed by atoms with Crippen molar-refractivity contribution in [2.24, 2.45) is 0 Å². The van der Waals surface area contributed by atoms with E-state index in [1.54, 1.807) is 24.3 Å². The maximum Gasteiger partial charge on any atom is 0.407 e. The third-order valence-corrected chi connectivity index (χ3v) is 3.36. The molecule has 0 bridgehead atoms. The number of halogens is 1. The van der Waals surface area contributed by atoms with Crippen LogP contribution in [0.5, 0.6) is 0 Å². The van der Waals surface area contributed by atoms with Crippen LogP contribution in [0, 0.1) is 6.92 Å². The van der Waals surface area contributed by atoms with Crippen LogP contribution in [0.3, 0.4) is 0 Å². The molecule has 0 spiro atoms. The average Bonchev–Trinajstić information content (AvgIpc) is 2.56. The van der Waals surface area contributed by atoms with Crippen molar-refractivity contribution in [3.05, 3.63) is 58.4 Å². The second-order valence-electron chi connectivity index (χ2n) is 4.79. The van der Waals surface area contributed by atoms with Gasteiger partial charge in [0.1, 0.15) is 0 Å². The summed E-state index contributed by atoms with van der Waals surface area (Å²) in [5.74, 6) is -0.280. The Morgan fingerprint density at radius 2 is 2.04 bits per heavy atom. The Balaban J connectivity index is 2.10. The third kappa shape index (κ3) is 4.69. The number of aromatic nitrogens is 1. The molecule has 0 aliphatic heterocycles. The van der Waals surface area contributed by atoms with Crippen LogP contribution in [-0.4, -0.2) is 24.1 Å². The highest BCUT2D eigenvalue weighted by molar-refractivity contribution is 6.31. The van der Waals surface area contributed by atoms with Gasteiger partial charge in [-0.05, 0) is 36.8 Å². The largest absolute Gasteiger partial charge is 0.453 e. The topological polar surface area (TPSA) is 80.3 Å². The summed E-state index contributed by atoms with van der Waals surface area (Å²) in [6.45, 7) is 2.05. The maximum atomic E-state index is 12.3. The van der Waals surface area contributed by atoms with Crippen LogP contribution in [0.4, 0.5) is 10.5 Å². The molecule has 0 aliphatic carbocycles. The molecule has 120 valence electrons. The van der Waals surface area contributed by atoms with Gasteiger partial charge in [-0.3, -0.25) is 9.78 Å². The van der Waals surface area contributed by atoms with Crippen molar-refractivity contribution in [1.29, 1.82) is 0 Å². The van der Waals surface area contributed by atoms with Gasteiger partial charge in [-0.25, -0.2) is 4.79 Å². The summed E-state index contributed by atoms with van der Waals surface area (Å²) in [6.07, 6.45) is 0.949. The molecule has 0 saturated carbocycles. The zero-order chi connectivity index (χ0) is 16.8. The van der Waals surface area contributed by atoms with E-state index in [4.69, 9.17) is 11.6 Å². The fourth-order valence-corrected chi connectivity index (χ4v) is 2.05. The number of carbonyl (C=O) groups is 2. The first-order valence-electron chi connectivity index (χ1n) is 6.84. The molecule has 0 aliphatic rings. The molecule has 23 heavy (non-hydrogen) atoms. The number of nitrogens with zero attached hydrogens (tertiary/aromatic N) is 1. The van der Waals surface area contributed by atoms with E-state index in [9.17, 15) is 9.59 Å². The van der Waals surface area contributed by atoms with Gasteiger partial charge in [0.05, 0.1) is 19.3 Å². The first-order valence-corrected chi connectivity index (χ1v) is 7.21. The maximum absolute atomic E-state index is 12.3. The van der Waals surface area contributed by atoms with Gasteiger partial charge in [0.2, 0.25) is 0 Å². The Morgan fingerprint density at radius 1 is 1.26 bits per heavy atom. The molecule has 1 heterocycles. The molecule has 0 atom stereocenters. The molecule has 0 radical (unpaired) electrons. The average molecular weight is 334 g/mol. The molecule has 1 aromatic carbocycles. The number of pyridine rings is 1. The number of aryl methyl sites for hydroxylation is 1. The number of hydrogen-bond acceptors (Lipinski definition) is 4. The molecule has 2 amide bonds. The minimum absolute atomic E-state index is 0.171. The molecular formula is C16H16ClN3O3. The number of hydrogen-bond donors (Lipinski definition) is 2. The number of carbonyl (C=O) groups excluding carboxylic acids is 2. The highest BCUT2D eigenvalue weighted by Crippen LogP contribution is 2.20. The van der Waals surface area contributed by atoms with Crippen molar-refractivity contribution in [1.82, 2.24) is 10.3 Å². The number of ether oxygens (including phenoxy) is 1. The summed E-state index contributed by atoms with van der Waals surface area (Å²) >= 11 is 5.94. The first-order chi connectivity index (χ1) is 11.0. The minimum atomic E-state index is -0.559. The molecule has 0 unspecified atom stereocenters. The van der Waals surface area contributed by atoms with Crippen LogP contribution in [0.25, 0.3) is 0 Å². The van der Waals surface area contributed by atoms with Gasteiger partial charge < -0.3 is 15.4 Å². The van der Waals surface area contributed by atoms with Crippen molar-refractivity contribution in [2.45, 2.75) is 13.5 Å². The van der Waals surface area contributed by atoms with E-state index in [1.165, 1.54) is 13.3 Å². The molecule has 6 nitrogen and oxygen atoms in total. The lowest BCUT2D eigenvalue weighted by molar-refractivity contribution is 0.102. The lowest BCUT2D eigenvalue weighted by atomic mass is 10.1. The van der Waals surface area contributed by atoms with E-state index in [1.807, 2.05) is 13.0 Å².